The molecular formula is C16H16O2. The Hall–Kier alpha value is -1.83. The van der Waals surface area contributed by atoms with E-state index in [2.05, 4.69) is 12.1 Å². The molecule has 2 heteroatoms. The molecule has 0 saturated heterocycles. The molecule has 0 fully saturated rings. The average Bonchev–Trinajstić information content (AvgIpc) is 3.05. The van der Waals surface area contributed by atoms with E-state index in [-0.39, 0.29) is 5.78 Å². The zero-order chi connectivity index (χ0) is 12.5. The van der Waals surface area contributed by atoms with Gasteiger partial charge in [-0.05, 0) is 42.5 Å². The van der Waals surface area contributed by atoms with Crippen LogP contribution in [0.15, 0.2) is 34.9 Å². The second-order valence-corrected chi connectivity index (χ2v) is 4.78. The number of carbonyl (C=O) groups is 1. The van der Waals surface area contributed by atoms with Gasteiger partial charge >= 0.3 is 0 Å². The van der Waals surface area contributed by atoms with E-state index in [9.17, 15) is 4.79 Å². The first-order chi connectivity index (χ1) is 8.79. The minimum atomic E-state index is 0.0790. The molecule has 0 amide bonds. The van der Waals surface area contributed by atoms with Gasteiger partial charge in [-0.15, -0.1) is 0 Å². The van der Waals surface area contributed by atoms with Crippen LogP contribution < -0.4 is 0 Å². The summed E-state index contributed by atoms with van der Waals surface area (Å²) in [7, 11) is 0. The van der Waals surface area contributed by atoms with Crippen LogP contribution in [0.2, 0.25) is 0 Å². The largest absolute Gasteiger partial charge is 0.469 e. The lowest BCUT2D eigenvalue weighted by atomic mass is 9.99. The number of benzene rings is 1. The van der Waals surface area contributed by atoms with Gasteiger partial charge in [-0.25, -0.2) is 0 Å². The molecule has 1 aromatic heterocycles. The van der Waals surface area contributed by atoms with Crippen molar-refractivity contribution in [1.82, 2.24) is 0 Å². The van der Waals surface area contributed by atoms with E-state index in [1.54, 1.807) is 12.3 Å². The third-order valence-electron chi connectivity index (χ3n) is 3.67. The molecule has 0 bridgehead atoms. The summed E-state index contributed by atoms with van der Waals surface area (Å²) < 4.78 is 5.33. The normalized spacial score (nSPS) is 13.6. The molecule has 1 aromatic carbocycles. The molecule has 0 unspecified atom stereocenters. The molecule has 3 rings (SSSR count). The van der Waals surface area contributed by atoms with E-state index in [1.165, 1.54) is 17.5 Å². The molecule has 1 heterocycles. The first-order valence-electron chi connectivity index (χ1n) is 6.52. The molecule has 0 radical (unpaired) electrons. The summed E-state index contributed by atoms with van der Waals surface area (Å²) in [6.07, 6.45) is 5.80. The van der Waals surface area contributed by atoms with E-state index in [0.29, 0.717) is 5.56 Å². The fourth-order valence-electron chi connectivity index (χ4n) is 2.69. The monoisotopic (exact) mass is 240 g/mol. The molecule has 0 atom stereocenters. The Bertz CT molecular complexity index is 593. The summed E-state index contributed by atoms with van der Waals surface area (Å²) in [5.41, 5.74) is 4.22. The molecule has 18 heavy (non-hydrogen) atoms. The second kappa shape index (κ2) is 4.45. The average molecular weight is 240 g/mol. The van der Waals surface area contributed by atoms with Crippen LogP contribution in [0.1, 0.15) is 46.2 Å². The van der Waals surface area contributed by atoms with Gasteiger partial charge in [-0.2, -0.15) is 0 Å². The number of ketones is 1. The van der Waals surface area contributed by atoms with Crippen molar-refractivity contribution in [2.24, 2.45) is 0 Å². The summed E-state index contributed by atoms with van der Waals surface area (Å²) >= 11 is 0. The standard InChI is InChI=1S/C16H16O2/c1-2-15-14(8-9-18-15)16(17)13-7-6-11-4-3-5-12(11)10-13/h6-10H,2-5H2,1H3. The van der Waals surface area contributed by atoms with Gasteiger partial charge in [0, 0.05) is 12.0 Å². The highest BCUT2D eigenvalue weighted by molar-refractivity contribution is 6.09. The first kappa shape index (κ1) is 11.3. The Morgan fingerprint density at radius 2 is 2.06 bits per heavy atom. The number of carbonyl (C=O) groups excluding carboxylic acids is 1. The van der Waals surface area contributed by atoms with Crippen LogP contribution in [0.5, 0.6) is 0 Å². The van der Waals surface area contributed by atoms with Crippen LogP contribution in [0.3, 0.4) is 0 Å². The summed E-state index contributed by atoms with van der Waals surface area (Å²) in [5.74, 6) is 0.857. The van der Waals surface area contributed by atoms with Crippen molar-refractivity contribution in [3.05, 3.63) is 58.5 Å². The third-order valence-corrected chi connectivity index (χ3v) is 3.67. The van der Waals surface area contributed by atoms with Crippen LogP contribution in [-0.4, -0.2) is 5.78 Å². The summed E-state index contributed by atoms with van der Waals surface area (Å²) in [6, 6.07) is 7.87. The Balaban J connectivity index is 1.98. The Morgan fingerprint density at radius 3 is 2.89 bits per heavy atom. The van der Waals surface area contributed by atoms with Gasteiger partial charge in [-0.3, -0.25) is 4.79 Å². The molecule has 92 valence electrons. The van der Waals surface area contributed by atoms with Crippen LogP contribution in [-0.2, 0) is 19.3 Å². The minimum Gasteiger partial charge on any atom is -0.469 e. The molecule has 2 aromatic rings. The van der Waals surface area contributed by atoms with Gasteiger partial charge in [0.15, 0.2) is 5.78 Å². The topological polar surface area (TPSA) is 30.2 Å². The van der Waals surface area contributed by atoms with Crippen molar-refractivity contribution < 1.29 is 9.21 Å². The molecule has 0 saturated carbocycles. The summed E-state index contributed by atoms with van der Waals surface area (Å²) in [5, 5.41) is 0. The van der Waals surface area contributed by atoms with Gasteiger partial charge in [-0.1, -0.05) is 19.1 Å². The van der Waals surface area contributed by atoms with Gasteiger partial charge in [0.05, 0.1) is 11.8 Å². The zero-order valence-electron chi connectivity index (χ0n) is 10.5. The molecular weight excluding hydrogens is 224 g/mol. The van der Waals surface area contributed by atoms with Crippen molar-refractivity contribution in [2.75, 3.05) is 0 Å². The number of fused-ring (bicyclic) bond motifs is 1. The lowest BCUT2D eigenvalue weighted by Gasteiger charge is -2.04. The maximum absolute atomic E-state index is 12.4. The Morgan fingerprint density at radius 1 is 1.22 bits per heavy atom. The number of hydrogen-bond donors (Lipinski definition) is 0. The van der Waals surface area contributed by atoms with E-state index in [4.69, 9.17) is 4.42 Å². The fraction of sp³-hybridized carbons (Fsp3) is 0.312. The van der Waals surface area contributed by atoms with Crippen LogP contribution in [0.4, 0.5) is 0 Å². The lowest BCUT2D eigenvalue weighted by molar-refractivity contribution is 0.103. The van der Waals surface area contributed by atoms with Gasteiger partial charge in [0.25, 0.3) is 0 Å². The van der Waals surface area contributed by atoms with Crippen molar-refractivity contribution in [1.29, 1.82) is 0 Å². The quantitative estimate of drug-likeness (QED) is 0.768. The molecule has 2 nitrogen and oxygen atoms in total. The zero-order valence-corrected chi connectivity index (χ0v) is 10.5. The number of aryl methyl sites for hydroxylation is 3. The lowest BCUT2D eigenvalue weighted by Crippen LogP contribution is -2.03. The van der Waals surface area contributed by atoms with E-state index < -0.39 is 0 Å². The maximum atomic E-state index is 12.4. The van der Waals surface area contributed by atoms with E-state index in [1.807, 2.05) is 13.0 Å². The number of hydrogen-bond acceptors (Lipinski definition) is 2. The molecule has 1 aliphatic rings. The Kier molecular flexibility index (Phi) is 2.78. The van der Waals surface area contributed by atoms with E-state index >= 15 is 0 Å². The second-order valence-electron chi connectivity index (χ2n) is 4.78. The summed E-state index contributed by atoms with van der Waals surface area (Å²) in [4.78, 5) is 12.4. The highest BCUT2D eigenvalue weighted by atomic mass is 16.3. The van der Waals surface area contributed by atoms with E-state index in [0.717, 1.165) is 30.6 Å². The van der Waals surface area contributed by atoms with Crippen molar-refractivity contribution in [2.45, 2.75) is 32.6 Å². The maximum Gasteiger partial charge on any atom is 0.196 e. The Labute approximate surface area is 107 Å². The van der Waals surface area contributed by atoms with Crippen LogP contribution in [0, 0.1) is 0 Å². The predicted octanol–water partition coefficient (Wildman–Crippen LogP) is 3.56. The first-order valence-corrected chi connectivity index (χ1v) is 6.52. The van der Waals surface area contributed by atoms with Gasteiger partial charge < -0.3 is 4.42 Å². The summed E-state index contributed by atoms with van der Waals surface area (Å²) in [6.45, 7) is 2.00. The molecule has 0 N–H and O–H groups in total. The van der Waals surface area contributed by atoms with Gasteiger partial charge in [0.1, 0.15) is 5.76 Å². The molecule has 0 aliphatic heterocycles. The van der Waals surface area contributed by atoms with Gasteiger partial charge in [0.2, 0.25) is 0 Å². The number of furan rings is 1. The smallest absolute Gasteiger partial charge is 0.196 e. The van der Waals surface area contributed by atoms with Crippen LogP contribution >= 0.6 is 0 Å². The predicted molar refractivity (Wildman–Crippen MR) is 70.0 cm³/mol. The highest BCUT2D eigenvalue weighted by Crippen LogP contribution is 2.25. The van der Waals surface area contributed by atoms with Crippen molar-refractivity contribution in [3.63, 3.8) is 0 Å². The molecule has 1 aliphatic carbocycles. The van der Waals surface area contributed by atoms with Crippen molar-refractivity contribution in [3.8, 4) is 0 Å². The fourth-order valence-corrected chi connectivity index (χ4v) is 2.69. The SMILES string of the molecule is CCc1occc1C(=O)c1ccc2c(c1)CCC2. The van der Waals surface area contributed by atoms with Crippen molar-refractivity contribution >= 4 is 5.78 Å². The van der Waals surface area contributed by atoms with Crippen LogP contribution in [0.25, 0.3) is 0 Å². The number of rotatable bonds is 3. The third kappa shape index (κ3) is 1.78. The molecule has 0 spiro atoms. The highest BCUT2D eigenvalue weighted by Gasteiger charge is 2.18. The minimum absolute atomic E-state index is 0.0790.